The van der Waals surface area contributed by atoms with Crippen LogP contribution in [0, 0.1) is 5.41 Å². The molecule has 0 aromatic heterocycles. The minimum absolute atomic E-state index is 0.108. The number of carbonyl (C=O) groups is 2. The molecule has 1 unspecified atom stereocenters. The highest BCUT2D eigenvalue weighted by molar-refractivity contribution is 5.79. The van der Waals surface area contributed by atoms with Crippen molar-refractivity contribution in [1.29, 1.82) is 0 Å². The number of hydrogen-bond donors (Lipinski definition) is 2. The van der Waals surface area contributed by atoms with Gasteiger partial charge in [0.25, 0.3) is 0 Å². The number of likely N-dealkylation sites (tertiary alicyclic amines) is 1. The summed E-state index contributed by atoms with van der Waals surface area (Å²) in [4.78, 5) is 25.1. The van der Waals surface area contributed by atoms with E-state index in [2.05, 4.69) is 5.32 Å². The van der Waals surface area contributed by atoms with Crippen LogP contribution in [-0.2, 0) is 9.53 Å². The Bertz CT molecular complexity index is 366. The Balaban J connectivity index is 1.81. The topological polar surface area (TPSA) is 78.9 Å². The molecule has 2 aliphatic rings. The Kier molecular flexibility index (Phi) is 4.86. The number of urea groups is 1. The molecule has 1 saturated heterocycles. The molecule has 0 bridgehead atoms. The average molecular weight is 284 g/mol. The van der Waals surface area contributed by atoms with Crippen molar-refractivity contribution in [2.24, 2.45) is 5.41 Å². The monoisotopic (exact) mass is 284 g/mol. The first-order valence-electron chi connectivity index (χ1n) is 7.45. The van der Waals surface area contributed by atoms with Crippen molar-refractivity contribution in [2.75, 3.05) is 26.2 Å². The van der Waals surface area contributed by atoms with Crippen LogP contribution in [-0.4, -0.2) is 54.4 Å². The maximum absolute atomic E-state index is 12.1. The molecule has 114 valence electrons. The van der Waals surface area contributed by atoms with E-state index in [1.807, 2.05) is 6.92 Å². The molecule has 1 aliphatic heterocycles. The summed E-state index contributed by atoms with van der Waals surface area (Å²) in [5.74, 6) is -0.796. The van der Waals surface area contributed by atoms with Gasteiger partial charge in [-0.05, 0) is 32.6 Å². The summed E-state index contributed by atoms with van der Waals surface area (Å²) < 4.78 is 5.56. The molecule has 6 heteroatoms. The van der Waals surface area contributed by atoms with Crippen molar-refractivity contribution < 1.29 is 19.4 Å². The molecule has 20 heavy (non-hydrogen) atoms. The number of carbonyl (C=O) groups excluding carboxylic acids is 1. The van der Waals surface area contributed by atoms with Crippen molar-refractivity contribution in [3.05, 3.63) is 0 Å². The highest BCUT2D eigenvalue weighted by Crippen LogP contribution is 2.40. The molecule has 2 fully saturated rings. The number of aliphatic carboxylic acids is 1. The van der Waals surface area contributed by atoms with E-state index in [-0.39, 0.29) is 18.7 Å². The molecule has 1 atom stereocenters. The van der Waals surface area contributed by atoms with E-state index >= 15 is 0 Å². The molecule has 1 saturated carbocycles. The first-order valence-corrected chi connectivity index (χ1v) is 7.45. The fourth-order valence-corrected chi connectivity index (χ4v) is 2.92. The number of hydrogen-bond acceptors (Lipinski definition) is 3. The molecule has 0 radical (unpaired) electrons. The summed E-state index contributed by atoms with van der Waals surface area (Å²) in [6.07, 6.45) is 4.27. The second-order valence-corrected chi connectivity index (χ2v) is 5.76. The van der Waals surface area contributed by atoms with Gasteiger partial charge in [-0.1, -0.05) is 6.42 Å². The number of carboxylic acid groups (broad SMARTS) is 1. The number of piperidine rings is 1. The van der Waals surface area contributed by atoms with Gasteiger partial charge in [-0.15, -0.1) is 0 Å². The Morgan fingerprint density at radius 3 is 2.70 bits per heavy atom. The first kappa shape index (κ1) is 15.1. The van der Waals surface area contributed by atoms with Crippen LogP contribution >= 0.6 is 0 Å². The van der Waals surface area contributed by atoms with Crippen LogP contribution in [0.2, 0.25) is 0 Å². The Hall–Kier alpha value is -1.30. The van der Waals surface area contributed by atoms with Crippen molar-refractivity contribution in [1.82, 2.24) is 10.2 Å². The third-order valence-electron chi connectivity index (χ3n) is 4.41. The minimum atomic E-state index is -0.796. The van der Waals surface area contributed by atoms with Gasteiger partial charge < -0.3 is 20.1 Å². The van der Waals surface area contributed by atoms with Gasteiger partial charge in [-0.2, -0.15) is 0 Å². The average Bonchev–Trinajstić information content (AvgIpc) is 2.37. The van der Waals surface area contributed by atoms with Crippen LogP contribution in [0.25, 0.3) is 0 Å². The zero-order chi connectivity index (χ0) is 14.6. The van der Waals surface area contributed by atoms with Crippen molar-refractivity contribution in [2.45, 2.75) is 45.1 Å². The molecular weight excluding hydrogens is 260 g/mol. The third kappa shape index (κ3) is 3.23. The van der Waals surface area contributed by atoms with Crippen LogP contribution in [0.5, 0.6) is 0 Å². The van der Waals surface area contributed by atoms with Crippen LogP contribution in [0.15, 0.2) is 0 Å². The fourth-order valence-electron chi connectivity index (χ4n) is 2.92. The number of carboxylic acids is 1. The summed E-state index contributed by atoms with van der Waals surface area (Å²) in [5.41, 5.74) is -0.731. The molecule has 1 aliphatic carbocycles. The van der Waals surface area contributed by atoms with E-state index in [0.29, 0.717) is 26.0 Å². The molecule has 0 spiro atoms. The standard InChI is InChI=1S/C14H24N2O4/c1-2-20-11-5-3-8-16(9-11)13(19)15-10-14(12(17)18)6-4-7-14/h11H,2-10H2,1H3,(H,15,19)(H,17,18). The summed E-state index contributed by atoms with van der Waals surface area (Å²) in [7, 11) is 0. The van der Waals surface area contributed by atoms with E-state index in [0.717, 1.165) is 25.8 Å². The molecule has 2 rings (SSSR count). The van der Waals surface area contributed by atoms with Crippen molar-refractivity contribution >= 4 is 12.0 Å². The van der Waals surface area contributed by atoms with Gasteiger partial charge in [0.15, 0.2) is 0 Å². The number of nitrogens with one attached hydrogen (secondary N) is 1. The van der Waals surface area contributed by atoms with Gasteiger partial charge >= 0.3 is 12.0 Å². The third-order valence-corrected chi connectivity index (χ3v) is 4.41. The van der Waals surface area contributed by atoms with E-state index in [1.54, 1.807) is 4.90 Å². The molecule has 0 aromatic rings. The Morgan fingerprint density at radius 1 is 1.40 bits per heavy atom. The zero-order valence-corrected chi connectivity index (χ0v) is 12.1. The minimum Gasteiger partial charge on any atom is -0.481 e. The van der Waals surface area contributed by atoms with E-state index < -0.39 is 11.4 Å². The molecule has 6 nitrogen and oxygen atoms in total. The lowest BCUT2D eigenvalue weighted by Crippen LogP contribution is -2.53. The van der Waals surface area contributed by atoms with Gasteiger partial charge in [-0.3, -0.25) is 4.79 Å². The maximum atomic E-state index is 12.1. The zero-order valence-electron chi connectivity index (χ0n) is 12.1. The molecule has 1 heterocycles. The van der Waals surface area contributed by atoms with E-state index in [4.69, 9.17) is 4.74 Å². The summed E-state index contributed by atoms with van der Waals surface area (Å²) in [6, 6.07) is -0.165. The van der Waals surface area contributed by atoms with Crippen molar-refractivity contribution in [3.8, 4) is 0 Å². The van der Waals surface area contributed by atoms with Crippen LogP contribution in [0.4, 0.5) is 4.79 Å². The number of nitrogens with zero attached hydrogens (tertiary/aromatic N) is 1. The number of ether oxygens (including phenoxy) is 1. The van der Waals surface area contributed by atoms with Gasteiger partial charge in [-0.25, -0.2) is 4.79 Å². The fraction of sp³-hybridized carbons (Fsp3) is 0.857. The van der Waals surface area contributed by atoms with E-state index in [9.17, 15) is 14.7 Å². The van der Waals surface area contributed by atoms with Gasteiger partial charge in [0.2, 0.25) is 0 Å². The van der Waals surface area contributed by atoms with Crippen LogP contribution < -0.4 is 5.32 Å². The first-order chi connectivity index (χ1) is 9.57. The van der Waals surface area contributed by atoms with Crippen molar-refractivity contribution in [3.63, 3.8) is 0 Å². The second-order valence-electron chi connectivity index (χ2n) is 5.76. The maximum Gasteiger partial charge on any atom is 0.317 e. The molecular formula is C14H24N2O4. The quantitative estimate of drug-likeness (QED) is 0.801. The SMILES string of the molecule is CCOC1CCCN(C(=O)NCC2(C(=O)O)CCC2)C1. The predicted molar refractivity (Wildman–Crippen MR) is 73.5 cm³/mol. The second kappa shape index (κ2) is 6.43. The molecule has 0 aromatic carbocycles. The number of rotatable bonds is 5. The highest BCUT2D eigenvalue weighted by Gasteiger charge is 2.44. The van der Waals surface area contributed by atoms with Gasteiger partial charge in [0.05, 0.1) is 11.5 Å². The Labute approximate surface area is 119 Å². The molecule has 2 N–H and O–H groups in total. The summed E-state index contributed by atoms with van der Waals surface area (Å²) >= 11 is 0. The normalized spacial score (nSPS) is 24.9. The lowest BCUT2D eigenvalue weighted by atomic mass is 9.69. The molecule has 2 amide bonds. The van der Waals surface area contributed by atoms with Crippen LogP contribution in [0.1, 0.15) is 39.0 Å². The smallest absolute Gasteiger partial charge is 0.317 e. The largest absolute Gasteiger partial charge is 0.481 e. The summed E-state index contributed by atoms with van der Waals surface area (Å²) in [5, 5.41) is 12.0. The van der Waals surface area contributed by atoms with Gasteiger partial charge in [0.1, 0.15) is 0 Å². The summed E-state index contributed by atoms with van der Waals surface area (Å²) in [6.45, 7) is 4.15. The lowest BCUT2D eigenvalue weighted by molar-refractivity contribution is -0.153. The van der Waals surface area contributed by atoms with Gasteiger partial charge in [0, 0.05) is 26.2 Å². The lowest BCUT2D eigenvalue weighted by Gasteiger charge is -2.39. The van der Waals surface area contributed by atoms with Crippen LogP contribution in [0.3, 0.4) is 0 Å². The van der Waals surface area contributed by atoms with E-state index in [1.165, 1.54) is 0 Å². The highest BCUT2D eigenvalue weighted by atomic mass is 16.5. The Morgan fingerprint density at radius 2 is 2.15 bits per heavy atom. The predicted octanol–water partition coefficient (Wildman–Crippen LogP) is 1.45. The number of amides is 2.